The lowest BCUT2D eigenvalue weighted by molar-refractivity contribution is 0.776. The van der Waals surface area contributed by atoms with Gasteiger partial charge in [0.15, 0.2) is 0 Å². The van der Waals surface area contributed by atoms with E-state index in [-0.39, 0.29) is 5.92 Å². The Bertz CT molecular complexity index is 616. The van der Waals surface area contributed by atoms with Gasteiger partial charge in [0.25, 0.3) is 0 Å². The lowest BCUT2D eigenvalue weighted by Crippen LogP contribution is -2.06. The van der Waals surface area contributed by atoms with Crippen LogP contribution in [-0.2, 0) is 0 Å². The summed E-state index contributed by atoms with van der Waals surface area (Å²) in [5.74, 6) is 1.65. The quantitative estimate of drug-likeness (QED) is 0.888. The summed E-state index contributed by atoms with van der Waals surface area (Å²) in [5.41, 5.74) is 11.5. The molecule has 100 valence electrons. The van der Waals surface area contributed by atoms with Crippen LogP contribution < -0.4 is 5.73 Å². The second-order valence-corrected chi connectivity index (χ2v) is 5.41. The third-order valence-electron chi connectivity index (χ3n) is 3.37. The first-order valence-corrected chi connectivity index (χ1v) is 6.61. The number of aromatic nitrogens is 2. The van der Waals surface area contributed by atoms with Crippen LogP contribution in [0.4, 0.5) is 5.82 Å². The monoisotopic (exact) mass is 255 g/mol. The number of aryl methyl sites for hydroxylation is 2. The number of anilines is 1. The van der Waals surface area contributed by atoms with E-state index in [1.54, 1.807) is 0 Å². The van der Waals surface area contributed by atoms with Gasteiger partial charge < -0.3 is 5.73 Å². The Labute approximate surface area is 114 Å². The van der Waals surface area contributed by atoms with Gasteiger partial charge in [-0.3, -0.25) is 0 Å². The van der Waals surface area contributed by atoms with Crippen molar-refractivity contribution in [1.82, 2.24) is 9.97 Å². The van der Waals surface area contributed by atoms with Gasteiger partial charge in [-0.1, -0.05) is 31.5 Å². The Hall–Kier alpha value is -1.90. The fourth-order valence-electron chi connectivity index (χ4n) is 2.06. The smallest absolute Gasteiger partial charge is 0.133 e. The molecule has 0 saturated carbocycles. The predicted molar refractivity (Wildman–Crippen MR) is 80.2 cm³/mol. The van der Waals surface area contributed by atoms with Gasteiger partial charge >= 0.3 is 0 Å². The summed E-state index contributed by atoms with van der Waals surface area (Å²) < 4.78 is 0. The first kappa shape index (κ1) is 13.5. The molecule has 19 heavy (non-hydrogen) atoms. The zero-order valence-electron chi connectivity index (χ0n) is 12.3. The van der Waals surface area contributed by atoms with E-state index in [0.29, 0.717) is 5.82 Å². The molecule has 0 bridgehead atoms. The molecule has 2 N–H and O–H groups in total. The highest BCUT2D eigenvalue weighted by Gasteiger charge is 2.14. The van der Waals surface area contributed by atoms with Crippen LogP contribution in [0.2, 0.25) is 0 Å². The first-order chi connectivity index (χ1) is 8.90. The average molecular weight is 255 g/mol. The van der Waals surface area contributed by atoms with Crippen LogP contribution in [0.15, 0.2) is 18.2 Å². The summed E-state index contributed by atoms with van der Waals surface area (Å²) in [5, 5.41) is 0. The molecule has 0 aliphatic rings. The minimum atomic E-state index is 0.270. The van der Waals surface area contributed by atoms with E-state index in [4.69, 9.17) is 10.7 Å². The zero-order chi connectivity index (χ0) is 14.2. The highest BCUT2D eigenvalue weighted by molar-refractivity contribution is 5.70. The van der Waals surface area contributed by atoms with Crippen LogP contribution in [0.1, 0.15) is 42.3 Å². The lowest BCUT2D eigenvalue weighted by atomic mass is 9.99. The molecular weight excluding hydrogens is 234 g/mol. The fraction of sp³-hybridized carbons (Fsp3) is 0.375. The maximum atomic E-state index is 6.03. The van der Waals surface area contributed by atoms with Gasteiger partial charge in [0.05, 0.1) is 5.69 Å². The van der Waals surface area contributed by atoms with E-state index in [1.807, 2.05) is 6.92 Å². The van der Waals surface area contributed by atoms with Gasteiger partial charge in [-0.05, 0) is 32.4 Å². The van der Waals surface area contributed by atoms with Gasteiger partial charge in [-0.2, -0.15) is 0 Å². The summed E-state index contributed by atoms with van der Waals surface area (Å²) in [4.78, 5) is 9.09. The molecule has 0 spiro atoms. The van der Waals surface area contributed by atoms with Crippen molar-refractivity contribution >= 4 is 5.82 Å². The Kier molecular flexibility index (Phi) is 3.56. The molecule has 0 amide bonds. The van der Waals surface area contributed by atoms with Crippen LogP contribution in [-0.4, -0.2) is 9.97 Å². The van der Waals surface area contributed by atoms with E-state index in [2.05, 4.69) is 50.9 Å². The third kappa shape index (κ3) is 2.60. The van der Waals surface area contributed by atoms with Crippen LogP contribution in [0.25, 0.3) is 11.3 Å². The summed E-state index contributed by atoms with van der Waals surface area (Å²) in [6.07, 6.45) is 0. The van der Waals surface area contributed by atoms with Crippen molar-refractivity contribution in [3.8, 4) is 11.3 Å². The molecule has 0 saturated heterocycles. The Morgan fingerprint density at radius 1 is 1.05 bits per heavy atom. The third-order valence-corrected chi connectivity index (χ3v) is 3.37. The summed E-state index contributed by atoms with van der Waals surface area (Å²) >= 11 is 0. The fourth-order valence-corrected chi connectivity index (χ4v) is 2.06. The molecule has 0 fully saturated rings. The first-order valence-electron chi connectivity index (χ1n) is 6.61. The number of benzene rings is 1. The SMILES string of the molecule is Cc1ccc(C)c(-c2nc(C(C)C)nc(N)c2C)c1. The Balaban J connectivity index is 2.70. The van der Waals surface area contributed by atoms with Gasteiger partial charge in [-0.25, -0.2) is 9.97 Å². The normalized spacial score (nSPS) is 11.1. The summed E-state index contributed by atoms with van der Waals surface area (Å²) in [6.45, 7) is 10.3. The van der Waals surface area contributed by atoms with Gasteiger partial charge in [-0.15, -0.1) is 0 Å². The van der Waals surface area contributed by atoms with E-state index in [0.717, 1.165) is 22.6 Å². The van der Waals surface area contributed by atoms with E-state index in [1.165, 1.54) is 11.1 Å². The standard InChI is InChI=1S/C16H21N3/c1-9(2)16-18-14(12(5)15(17)19-16)13-8-10(3)6-7-11(13)4/h6-9H,1-5H3,(H2,17,18,19). The maximum absolute atomic E-state index is 6.03. The Morgan fingerprint density at radius 3 is 2.37 bits per heavy atom. The van der Waals surface area contributed by atoms with Crippen molar-refractivity contribution in [3.05, 3.63) is 40.7 Å². The highest BCUT2D eigenvalue weighted by atomic mass is 15.0. The van der Waals surface area contributed by atoms with Crippen LogP contribution in [0.3, 0.4) is 0 Å². The van der Waals surface area contributed by atoms with E-state index in [9.17, 15) is 0 Å². The van der Waals surface area contributed by atoms with Crippen molar-refractivity contribution in [2.75, 3.05) is 5.73 Å². The average Bonchev–Trinajstić information content (AvgIpc) is 2.35. The minimum Gasteiger partial charge on any atom is -0.383 e. The second kappa shape index (κ2) is 5.00. The summed E-state index contributed by atoms with van der Waals surface area (Å²) in [7, 11) is 0. The molecule has 0 aliphatic carbocycles. The van der Waals surface area contributed by atoms with Gasteiger partial charge in [0.2, 0.25) is 0 Å². The molecule has 2 aromatic rings. The molecule has 2 rings (SSSR count). The van der Waals surface area contributed by atoms with Crippen molar-refractivity contribution in [2.24, 2.45) is 0 Å². The van der Waals surface area contributed by atoms with Crippen molar-refractivity contribution < 1.29 is 0 Å². The van der Waals surface area contributed by atoms with E-state index >= 15 is 0 Å². The van der Waals surface area contributed by atoms with Gasteiger partial charge in [0, 0.05) is 17.0 Å². The topological polar surface area (TPSA) is 51.8 Å². The molecule has 1 aromatic carbocycles. The van der Waals surface area contributed by atoms with Crippen LogP contribution in [0.5, 0.6) is 0 Å². The lowest BCUT2D eigenvalue weighted by Gasteiger charge is -2.14. The van der Waals surface area contributed by atoms with Crippen molar-refractivity contribution in [1.29, 1.82) is 0 Å². The number of nitrogens with zero attached hydrogens (tertiary/aromatic N) is 2. The van der Waals surface area contributed by atoms with Crippen molar-refractivity contribution in [3.63, 3.8) is 0 Å². The minimum absolute atomic E-state index is 0.270. The van der Waals surface area contributed by atoms with E-state index < -0.39 is 0 Å². The number of hydrogen-bond donors (Lipinski definition) is 1. The molecule has 0 unspecified atom stereocenters. The molecule has 1 aromatic heterocycles. The number of nitrogens with two attached hydrogens (primary N) is 1. The largest absolute Gasteiger partial charge is 0.383 e. The van der Waals surface area contributed by atoms with Crippen molar-refractivity contribution in [2.45, 2.75) is 40.5 Å². The zero-order valence-corrected chi connectivity index (χ0v) is 12.3. The van der Waals surface area contributed by atoms with Gasteiger partial charge in [0.1, 0.15) is 11.6 Å². The highest BCUT2D eigenvalue weighted by Crippen LogP contribution is 2.29. The maximum Gasteiger partial charge on any atom is 0.133 e. The van der Waals surface area contributed by atoms with Crippen LogP contribution >= 0.6 is 0 Å². The number of hydrogen-bond acceptors (Lipinski definition) is 3. The molecule has 1 heterocycles. The molecule has 0 aliphatic heterocycles. The molecular formula is C16H21N3. The predicted octanol–water partition coefficient (Wildman–Crippen LogP) is 3.77. The molecule has 0 atom stereocenters. The Morgan fingerprint density at radius 2 is 1.74 bits per heavy atom. The molecule has 0 radical (unpaired) electrons. The number of nitrogen functional groups attached to an aromatic ring is 1. The molecule has 3 nitrogen and oxygen atoms in total. The molecule has 3 heteroatoms. The van der Waals surface area contributed by atoms with Crippen LogP contribution in [0, 0.1) is 20.8 Å². The second-order valence-electron chi connectivity index (χ2n) is 5.41. The summed E-state index contributed by atoms with van der Waals surface area (Å²) in [6, 6.07) is 6.40. The number of rotatable bonds is 2.